The molecule has 0 saturated carbocycles. The van der Waals surface area contributed by atoms with Gasteiger partial charge in [0.2, 0.25) is 0 Å². The van der Waals surface area contributed by atoms with E-state index in [1.54, 1.807) is 0 Å². The molecular weight excluding hydrogens is 190 g/mol. The standard InChI is InChI=1S/C11H17N3O/c1-11(15)5-6-14(8-11)10-4-2-3-9(7-12)13-10/h2-4,15H,5-8,12H2,1H3. The third kappa shape index (κ3) is 2.27. The molecule has 0 bridgehead atoms. The summed E-state index contributed by atoms with van der Waals surface area (Å²) in [6.07, 6.45) is 0.793. The second kappa shape index (κ2) is 3.79. The van der Waals surface area contributed by atoms with Crippen LogP contribution in [0.15, 0.2) is 18.2 Å². The number of hydrogen-bond donors (Lipinski definition) is 2. The lowest BCUT2D eigenvalue weighted by molar-refractivity contribution is 0.0839. The molecule has 2 heterocycles. The Hall–Kier alpha value is -1.13. The maximum atomic E-state index is 9.86. The van der Waals surface area contributed by atoms with Gasteiger partial charge in [0.25, 0.3) is 0 Å². The van der Waals surface area contributed by atoms with Gasteiger partial charge in [-0.3, -0.25) is 0 Å². The van der Waals surface area contributed by atoms with E-state index in [1.165, 1.54) is 0 Å². The molecule has 2 rings (SSSR count). The molecule has 0 spiro atoms. The van der Waals surface area contributed by atoms with Gasteiger partial charge in [-0.1, -0.05) is 6.07 Å². The molecule has 82 valence electrons. The van der Waals surface area contributed by atoms with Gasteiger partial charge in [0, 0.05) is 19.6 Å². The van der Waals surface area contributed by atoms with Crippen molar-refractivity contribution in [3.05, 3.63) is 23.9 Å². The van der Waals surface area contributed by atoms with E-state index in [0.717, 1.165) is 24.5 Å². The Balaban J connectivity index is 2.16. The van der Waals surface area contributed by atoms with Gasteiger partial charge < -0.3 is 15.7 Å². The van der Waals surface area contributed by atoms with Crippen LogP contribution in [0, 0.1) is 0 Å². The molecule has 0 amide bonds. The molecule has 0 aromatic carbocycles. The molecule has 0 aliphatic carbocycles. The van der Waals surface area contributed by atoms with Gasteiger partial charge in [0.1, 0.15) is 5.82 Å². The zero-order chi connectivity index (χ0) is 10.9. The minimum absolute atomic E-state index is 0.456. The summed E-state index contributed by atoms with van der Waals surface area (Å²) in [6.45, 7) is 3.82. The highest BCUT2D eigenvalue weighted by molar-refractivity contribution is 5.41. The molecule has 1 aromatic heterocycles. The first-order valence-electron chi connectivity index (χ1n) is 5.24. The average Bonchev–Trinajstić information content (AvgIpc) is 2.59. The molecule has 1 aliphatic rings. The number of anilines is 1. The number of β-amino-alcohol motifs (C(OH)–C–C–N with tert-alkyl or cyclic N) is 1. The molecule has 4 nitrogen and oxygen atoms in total. The van der Waals surface area contributed by atoms with Crippen molar-refractivity contribution in [1.29, 1.82) is 0 Å². The second-order valence-electron chi connectivity index (χ2n) is 4.36. The Morgan fingerprint density at radius 3 is 3.00 bits per heavy atom. The highest BCUT2D eigenvalue weighted by Crippen LogP contribution is 2.24. The summed E-state index contributed by atoms with van der Waals surface area (Å²) < 4.78 is 0. The molecule has 0 radical (unpaired) electrons. The van der Waals surface area contributed by atoms with E-state index < -0.39 is 5.60 Å². The van der Waals surface area contributed by atoms with E-state index in [2.05, 4.69) is 9.88 Å². The summed E-state index contributed by atoms with van der Waals surface area (Å²) >= 11 is 0. The van der Waals surface area contributed by atoms with Gasteiger partial charge in [-0.25, -0.2) is 4.98 Å². The van der Waals surface area contributed by atoms with Crippen LogP contribution in [-0.2, 0) is 6.54 Å². The lowest BCUT2D eigenvalue weighted by atomic mass is 10.1. The SMILES string of the molecule is CC1(O)CCN(c2cccc(CN)n2)C1. The monoisotopic (exact) mass is 207 g/mol. The molecule has 1 saturated heterocycles. The van der Waals surface area contributed by atoms with E-state index in [-0.39, 0.29) is 0 Å². The lowest BCUT2D eigenvalue weighted by Gasteiger charge is -2.20. The topological polar surface area (TPSA) is 62.4 Å². The van der Waals surface area contributed by atoms with Crippen LogP contribution in [0.5, 0.6) is 0 Å². The van der Waals surface area contributed by atoms with E-state index in [4.69, 9.17) is 5.73 Å². The van der Waals surface area contributed by atoms with Crippen molar-refractivity contribution in [3.8, 4) is 0 Å². The van der Waals surface area contributed by atoms with E-state index in [9.17, 15) is 5.11 Å². The van der Waals surface area contributed by atoms with Crippen LogP contribution < -0.4 is 10.6 Å². The summed E-state index contributed by atoms with van der Waals surface area (Å²) in [5.74, 6) is 0.913. The number of aliphatic hydroxyl groups is 1. The Morgan fingerprint density at radius 2 is 2.40 bits per heavy atom. The van der Waals surface area contributed by atoms with Gasteiger partial charge in [-0.05, 0) is 25.5 Å². The van der Waals surface area contributed by atoms with Crippen molar-refractivity contribution >= 4 is 5.82 Å². The highest BCUT2D eigenvalue weighted by atomic mass is 16.3. The molecule has 15 heavy (non-hydrogen) atoms. The summed E-state index contributed by atoms with van der Waals surface area (Å²) in [5.41, 5.74) is 5.85. The average molecular weight is 207 g/mol. The van der Waals surface area contributed by atoms with Crippen LogP contribution in [0.1, 0.15) is 19.0 Å². The molecule has 1 aromatic rings. The zero-order valence-corrected chi connectivity index (χ0v) is 8.98. The van der Waals surface area contributed by atoms with Crippen molar-refractivity contribution in [2.24, 2.45) is 5.73 Å². The maximum absolute atomic E-state index is 9.86. The predicted octanol–water partition coefficient (Wildman–Crippen LogP) is 0.501. The number of nitrogens with two attached hydrogens (primary N) is 1. The van der Waals surface area contributed by atoms with Crippen LogP contribution >= 0.6 is 0 Å². The largest absolute Gasteiger partial charge is 0.388 e. The predicted molar refractivity (Wildman–Crippen MR) is 59.6 cm³/mol. The van der Waals surface area contributed by atoms with E-state index >= 15 is 0 Å². The number of pyridine rings is 1. The Labute approximate surface area is 89.7 Å². The maximum Gasteiger partial charge on any atom is 0.128 e. The summed E-state index contributed by atoms with van der Waals surface area (Å²) in [5, 5.41) is 9.86. The molecule has 1 aliphatic heterocycles. The molecule has 1 atom stereocenters. The molecule has 3 N–H and O–H groups in total. The number of nitrogens with zero attached hydrogens (tertiary/aromatic N) is 2. The normalized spacial score (nSPS) is 25.9. The van der Waals surface area contributed by atoms with Crippen LogP contribution in [-0.4, -0.2) is 28.8 Å². The summed E-state index contributed by atoms with van der Waals surface area (Å²) in [4.78, 5) is 6.52. The van der Waals surface area contributed by atoms with Crippen LogP contribution in [0.2, 0.25) is 0 Å². The quantitative estimate of drug-likeness (QED) is 0.741. The Kier molecular flexibility index (Phi) is 2.63. The fourth-order valence-corrected chi connectivity index (χ4v) is 1.90. The first-order valence-corrected chi connectivity index (χ1v) is 5.24. The lowest BCUT2D eigenvalue weighted by Crippen LogP contribution is -2.30. The van der Waals surface area contributed by atoms with Gasteiger partial charge in [-0.2, -0.15) is 0 Å². The molecule has 1 unspecified atom stereocenters. The van der Waals surface area contributed by atoms with Crippen molar-refractivity contribution in [3.63, 3.8) is 0 Å². The minimum Gasteiger partial charge on any atom is -0.388 e. The number of hydrogen-bond acceptors (Lipinski definition) is 4. The summed E-state index contributed by atoms with van der Waals surface area (Å²) in [6, 6.07) is 5.83. The summed E-state index contributed by atoms with van der Waals surface area (Å²) in [7, 11) is 0. The second-order valence-corrected chi connectivity index (χ2v) is 4.36. The van der Waals surface area contributed by atoms with Crippen LogP contribution in [0.3, 0.4) is 0 Å². The van der Waals surface area contributed by atoms with Crippen LogP contribution in [0.4, 0.5) is 5.82 Å². The number of rotatable bonds is 2. The molecule has 1 fully saturated rings. The third-order valence-electron chi connectivity index (χ3n) is 2.78. The van der Waals surface area contributed by atoms with Crippen LogP contribution in [0.25, 0.3) is 0 Å². The Bertz CT molecular complexity index is 351. The Morgan fingerprint density at radius 1 is 1.60 bits per heavy atom. The van der Waals surface area contributed by atoms with E-state index in [1.807, 2.05) is 25.1 Å². The van der Waals surface area contributed by atoms with Crippen molar-refractivity contribution in [1.82, 2.24) is 4.98 Å². The third-order valence-corrected chi connectivity index (χ3v) is 2.78. The van der Waals surface area contributed by atoms with Gasteiger partial charge in [0.05, 0.1) is 11.3 Å². The van der Waals surface area contributed by atoms with Crippen molar-refractivity contribution in [2.45, 2.75) is 25.5 Å². The van der Waals surface area contributed by atoms with Crippen molar-refractivity contribution < 1.29 is 5.11 Å². The van der Waals surface area contributed by atoms with Crippen molar-refractivity contribution in [2.75, 3.05) is 18.0 Å². The first-order chi connectivity index (χ1) is 7.11. The smallest absolute Gasteiger partial charge is 0.128 e. The number of aromatic nitrogens is 1. The van der Waals surface area contributed by atoms with Gasteiger partial charge in [-0.15, -0.1) is 0 Å². The van der Waals surface area contributed by atoms with Gasteiger partial charge >= 0.3 is 0 Å². The van der Waals surface area contributed by atoms with E-state index in [0.29, 0.717) is 13.1 Å². The minimum atomic E-state index is -0.583. The zero-order valence-electron chi connectivity index (χ0n) is 8.98. The fourth-order valence-electron chi connectivity index (χ4n) is 1.90. The van der Waals surface area contributed by atoms with Gasteiger partial charge in [0.15, 0.2) is 0 Å². The fraction of sp³-hybridized carbons (Fsp3) is 0.545. The highest BCUT2D eigenvalue weighted by Gasteiger charge is 2.31. The first kappa shape index (κ1) is 10.4. The molecule has 4 heteroatoms. The molecular formula is C11H17N3O.